The quantitative estimate of drug-likeness (QED) is 0.797. The average Bonchev–Trinajstić information content (AvgIpc) is 2.49. The van der Waals surface area contributed by atoms with Gasteiger partial charge in [-0.1, -0.05) is 25.5 Å². The fraction of sp³-hybridized carbons (Fsp3) is 0.471. The third-order valence-electron chi connectivity index (χ3n) is 3.81. The summed E-state index contributed by atoms with van der Waals surface area (Å²) in [6.07, 6.45) is 0.910. The number of hydrogen-bond acceptors (Lipinski definition) is 4. The highest BCUT2D eigenvalue weighted by molar-refractivity contribution is 5.85. The van der Waals surface area contributed by atoms with Gasteiger partial charge in [0.25, 0.3) is 5.56 Å². The highest BCUT2D eigenvalue weighted by Crippen LogP contribution is 2.24. The van der Waals surface area contributed by atoms with Crippen LogP contribution in [-0.4, -0.2) is 22.4 Å². The van der Waals surface area contributed by atoms with Gasteiger partial charge in [-0.2, -0.15) is 5.10 Å². The van der Waals surface area contributed by atoms with Crippen LogP contribution in [0.4, 0.5) is 0 Å². The van der Waals surface area contributed by atoms with E-state index in [2.05, 4.69) is 18.9 Å². The van der Waals surface area contributed by atoms with E-state index in [0.29, 0.717) is 12.0 Å². The number of esters is 1. The van der Waals surface area contributed by atoms with E-state index in [1.165, 1.54) is 4.68 Å². The predicted molar refractivity (Wildman–Crippen MR) is 86.1 cm³/mol. The molecule has 0 saturated heterocycles. The molecule has 0 aliphatic carbocycles. The molecule has 118 valence electrons. The number of benzene rings is 1. The molecule has 0 amide bonds. The SMILES string of the molecule is CCOC(=O)Cn1nc(C(C)CC)c2cc(C)ccc2c1=O. The van der Waals surface area contributed by atoms with Gasteiger partial charge in [0.2, 0.25) is 0 Å². The van der Waals surface area contributed by atoms with Crippen molar-refractivity contribution in [2.45, 2.75) is 46.6 Å². The van der Waals surface area contributed by atoms with Gasteiger partial charge in [-0.15, -0.1) is 0 Å². The van der Waals surface area contributed by atoms with Crippen LogP contribution in [0.5, 0.6) is 0 Å². The molecule has 5 heteroatoms. The van der Waals surface area contributed by atoms with Crippen LogP contribution in [0.25, 0.3) is 10.8 Å². The molecule has 1 aromatic heterocycles. The largest absolute Gasteiger partial charge is 0.465 e. The molecule has 1 aromatic carbocycles. The Hall–Kier alpha value is -2.17. The number of rotatable bonds is 5. The predicted octanol–water partition coefficient (Wildman–Crippen LogP) is 2.78. The number of nitrogens with zero attached hydrogens (tertiary/aromatic N) is 2. The van der Waals surface area contributed by atoms with Crippen LogP contribution in [0, 0.1) is 6.92 Å². The zero-order valence-corrected chi connectivity index (χ0v) is 13.5. The minimum atomic E-state index is -0.446. The van der Waals surface area contributed by atoms with Crippen molar-refractivity contribution >= 4 is 16.7 Å². The summed E-state index contributed by atoms with van der Waals surface area (Å²) in [7, 11) is 0. The van der Waals surface area contributed by atoms with E-state index < -0.39 is 5.97 Å². The first-order valence-electron chi connectivity index (χ1n) is 7.64. The maximum absolute atomic E-state index is 12.5. The second-order valence-electron chi connectivity index (χ2n) is 5.51. The first-order valence-corrected chi connectivity index (χ1v) is 7.64. The number of aryl methyl sites for hydroxylation is 1. The third-order valence-corrected chi connectivity index (χ3v) is 3.81. The van der Waals surface area contributed by atoms with Crippen LogP contribution >= 0.6 is 0 Å². The molecule has 2 rings (SSSR count). The molecule has 0 saturated carbocycles. The van der Waals surface area contributed by atoms with Gasteiger partial charge in [0.1, 0.15) is 6.54 Å². The lowest BCUT2D eigenvalue weighted by Gasteiger charge is -2.15. The Balaban J connectivity index is 2.64. The van der Waals surface area contributed by atoms with Crippen molar-refractivity contribution < 1.29 is 9.53 Å². The standard InChI is InChI=1S/C17H22N2O3/c1-5-12(4)16-14-9-11(3)7-8-13(14)17(21)19(18-16)10-15(20)22-6-2/h7-9,12H,5-6,10H2,1-4H3. The number of ether oxygens (including phenoxy) is 1. The molecule has 0 bridgehead atoms. The van der Waals surface area contributed by atoms with Gasteiger partial charge < -0.3 is 4.74 Å². The Labute approximate surface area is 129 Å². The van der Waals surface area contributed by atoms with Crippen LogP contribution in [0.2, 0.25) is 0 Å². The summed E-state index contributed by atoms with van der Waals surface area (Å²) in [5.41, 5.74) is 1.68. The van der Waals surface area contributed by atoms with Crippen molar-refractivity contribution in [2.24, 2.45) is 0 Å². The van der Waals surface area contributed by atoms with E-state index in [1.807, 2.05) is 25.1 Å². The number of aromatic nitrogens is 2. The Kier molecular flexibility index (Phi) is 4.96. The Bertz CT molecular complexity index is 749. The third kappa shape index (κ3) is 3.18. The lowest BCUT2D eigenvalue weighted by molar-refractivity contribution is -0.144. The van der Waals surface area contributed by atoms with Gasteiger partial charge in [0, 0.05) is 11.3 Å². The van der Waals surface area contributed by atoms with Crippen LogP contribution in [0.3, 0.4) is 0 Å². The van der Waals surface area contributed by atoms with Gasteiger partial charge in [-0.25, -0.2) is 4.68 Å². The van der Waals surface area contributed by atoms with E-state index in [1.54, 1.807) is 6.92 Å². The maximum atomic E-state index is 12.5. The Morgan fingerprint density at radius 3 is 2.68 bits per heavy atom. The summed E-state index contributed by atoms with van der Waals surface area (Å²) in [5, 5.41) is 5.91. The lowest BCUT2D eigenvalue weighted by atomic mass is 9.98. The molecule has 1 heterocycles. The molecule has 1 unspecified atom stereocenters. The van der Waals surface area contributed by atoms with Crippen molar-refractivity contribution in [1.29, 1.82) is 0 Å². The highest BCUT2D eigenvalue weighted by Gasteiger charge is 2.16. The minimum Gasteiger partial charge on any atom is -0.465 e. The van der Waals surface area contributed by atoms with E-state index in [4.69, 9.17) is 4.74 Å². The van der Waals surface area contributed by atoms with Crippen LogP contribution in [0.1, 0.15) is 44.4 Å². The van der Waals surface area contributed by atoms with Crippen molar-refractivity contribution in [2.75, 3.05) is 6.61 Å². The minimum absolute atomic E-state index is 0.153. The van der Waals surface area contributed by atoms with E-state index in [-0.39, 0.29) is 18.0 Å². The van der Waals surface area contributed by atoms with E-state index >= 15 is 0 Å². The van der Waals surface area contributed by atoms with Crippen molar-refractivity contribution in [3.63, 3.8) is 0 Å². The van der Waals surface area contributed by atoms with Crippen molar-refractivity contribution in [3.8, 4) is 0 Å². The van der Waals surface area contributed by atoms with Gasteiger partial charge in [0.05, 0.1) is 17.7 Å². The molecule has 22 heavy (non-hydrogen) atoms. The van der Waals surface area contributed by atoms with Crippen molar-refractivity contribution in [1.82, 2.24) is 9.78 Å². The van der Waals surface area contributed by atoms with Crippen LogP contribution < -0.4 is 5.56 Å². The first-order chi connectivity index (χ1) is 10.5. The smallest absolute Gasteiger partial charge is 0.327 e. The fourth-order valence-corrected chi connectivity index (χ4v) is 2.42. The Morgan fingerprint density at radius 2 is 2.05 bits per heavy atom. The number of hydrogen-bond donors (Lipinski definition) is 0. The second-order valence-corrected chi connectivity index (χ2v) is 5.51. The average molecular weight is 302 g/mol. The van der Waals surface area contributed by atoms with Gasteiger partial charge in [-0.05, 0) is 32.4 Å². The summed E-state index contributed by atoms with van der Waals surface area (Å²) in [6.45, 7) is 8.02. The topological polar surface area (TPSA) is 61.2 Å². The van der Waals surface area contributed by atoms with Crippen LogP contribution in [-0.2, 0) is 16.1 Å². The number of fused-ring (bicyclic) bond motifs is 1. The maximum Gasteiger partial charge on any atom is 0.327 e. The molecule has 5 nitrogen and oxygen atoms in total. The lowest BCUT2D eigenvalue weighted by Crippen LogP contribution is -2.29. The molecule has 0 aliphatic rings. The summed E-state index contributed by atoms with van der Waals surface area (Å²) < 4.78 is 6.14. The molecule has 0 fully saturated rings. The molecule has 0 N–H and O–H groups in total. The molecule has 2 aromatic rings. The molecule has 0 aliphatic heterocycles. The molecular formula is C17H22N2O3. The number of carbonyl (C=O) groups excluding carboxylic acids is 1. The van der Waals surface area contributed by atoms with E-state index in [0.717, 1.165) is 23.1 Å². The van der Waals surface area contributed by atoms with Gasteiger partial charge in [0.15, 0.2) is 0 Å². The van der Waals surface area contributed by atoms with Crippen molar-refractivity contribution in [3.05, 3.63) is 39.8 Å². The molecule has 0 radical (unpaired) electrons. The van der Waals surface area contributed by atoms with E-state index in [9.17, 15) is 9.59 Å². The normalized spacial score (nSPS) is 12.4. The highest BCUT2D eigenvalue weighted by atomic mass is 16.5. The summed E-state index contributed by atoms with van der Waals surface area (Å²) in [4.78, 5) is 24.2. The van der Waals surface area contributed by atoms with Crippen LogP contribution in [0.15, 0.2) is 23.0 Å². The Morgan fingerprint density at radius 1 is 1.32 bits per heavy atom. The summed E-state index contributed by atoms with van der Waals surface area (Å²) in [5.74, 6) is -0.239. The summed E-state index contributed by atoms with van der Waals surface area (Å²) in [6, 6.07) is 5.70. The fourth-order valence-electron chi connectivity index (χ4n) is 2.42. The molecule has 1 atom stereocenters. The zero-order chi connectivity index (χ0) is 16.3. The second kappa shape index (κ2) is 6.73. The first kappa shape index (κ1) is 16.2. The zero-order valence-electron chi connectivity index (χ0n) is 13.5. The molecule has 0 spiro atoms. The molecular weight excluding hydrogens is 280 g/mol. The summed E-state index contributed by atoms with van der Waals surface area (Å²) >= 11 is 0. The van der Waals surface area contributed by atoms with Gasteiger partial charge in [-0.3, -0.25) is 9.59 Å². The number of carbonyl (C=O) groups is 1. The monoisotopic (exact) mass is 302 g/mol. The van der Waals surface area contributed by atoms with Gasteiger partial charge >= 0.3 is 5.97 Å².